The van der Waals surface area contributed by atoms with Crippen LogP contribution in [0.25, 0.3) is 0 Å². The molecule has 2 rings (SSSR count). The summed E-state index contributed by atoms with van der Waals surface area (Å²) in [5, 5.41) is 2.27. The first-order valence-corrected chi connectivity index (χ1v) is 7.65. The summed E-state index contributed by atoms with van der Waals surface area (Å²) in [4.78, 5) is 11.4. The van der Waals surface area contributed by atoms with Crippen molar-refractivity contribution in [3.05, 3.63) is 58.9 Å². The Labute approximate surface area is 143 Å². The van der Waals surface area contributed by atoms with E-state index in [1.807, 2.05) is 6.92 Å². The van der Waals surface area contributed by atoms with Crippen LogP contribution in [0, 0.1) is 12.7 Å². The van der Waals surface area contributed by atoms with Crippen LogP contribution < -0.4 is 10.1 Å². The lowest BCUT2D eigenvalue weighted by Gasteiger charge is -2.14. The van der Waals surface area contributed by atoms with Gasteiger partial charge in [-0.2, -0.15) is 8.78 Å². The third-order valence-electron chi connectivity index (χ3n) is 3.53. The third kappa shape index (κ3) is 5.41. The molecule has 0 spiro atoms. The summed E-state index contributed by atoms with van der Waals surface area (Å²) in [6, 6.07) is 9.30. The van der Waals surface area contributed by atoms with Crippen LogP contribution in [-0.4, -0.2) is 12.7 Å². The smallest absolute Gasteiger partial charge is 0.416 e. The average molecular weight is 353 g/mol. The first kappa shape index (κ1) is 18.6. The first-order chi connectivity index (χ1) is 11.9. The summed E-state index contributed by atoms with van der Waals surface area (Å²) >= 11 is 0. The van der Waals surface area contributed by atoms with Crippen molar-refractivity contribution in [2.45, 2.75) is 33.5 Å². The van der Waals surface area contributed by atoms with Gasteiger partial charge in [0.15, 0.2) is 0 Å². The van der Waals surface area contributed by atoms with E-state index in [1.165, 1.54) is 18.2 Å². The molecule has 0 aliphatic carbocycles. The molecule has 0 atom stereocenters. The highest BCUT2D eigenvalue weighted by Gasteiger charge is 2.14. The number of aryl methyl sites for hydroxylation is 2. The number of alkyl halides is 2. The number of hydrogen-bond acceptors (Lipinski definition) is 3. The summed E-state index contributed by atoms with van der Waals surface area (Å²) in [5.74, 6) is 0.124. The van der Waals surface area contributed by atoms with Gasteiger partial charge in [0.25, 0.3) is 0 Å². The van der Waals surface area contributed by atoms with Crippen molar-refractivity contribution in [3.8, 4) is 5.75 Å². The third-order valence-corrected chi connectivity index (χ3v) is 3.53. The van der Waals surface area contributed by atoms with Gasteiger partial charge < -0.3 is 9.47 Å². The molecule has 0 unspecified atom stereocenters. The second kappa shape index (κ2) is 8.41. The number of halogens is 3. The lowest BCUT2D eigenvalue weighted by molar-refractivity contribution is -0.0766. The van der Waals surface area contributed by atoms with E-state index < -0.39 is 12.7 Å². The minimum absolute atomic E-state index is 0.0740. The quantitative estimate of drug-likeness (QED) is 0.791. The highest BCUT2D eigenvalue weighted by atomic mass is 19.3. The van der Waals surface area contributed by atoms with Crippen molar-refractivity contribution in [2.75, 3.05) is 5.32 Å². The molecular formula is C18H18F3NO3. The lowest BCUT2D eigenvalue weighted by Crippen LogP contribution is -2.18. The monoisotopic (exact) mass is 353 g/mol. The highest BCUT2D eigenvalue weighted by Crippen LogP contribution is 2.24. The molecule has 2 aromatic carbocycles. The van der Waals surface area contributed by atoms with Gasteiger partial charge in [0.05, 0.1) is 5.69 Å². The standard InChI is InChI=1S/C18H18F3NO3/c1-3-12-4-6-15(22-18(23)25-17(20)21)13(9-12)10-24-16-7-5-14(19)8-11(16)2/h4-9,17H,3,10H2,1-2H3,(H,22,23). The Hall–Kier alpha value is -2.70. The Balaban J connectivity index is 2.17. The summed E-state index contributed by atoms with van der Waals surface area (Å²) in [6.07, 6.45) is -0.497. The molecule has 1 amide bonds. The van der Waals surface area contributed by atoms with E-state index in [-0.39, 0.29) is 12.4 Å². The molecule has 0 fully saturated rings. The van der Waals surface area contributed by atoms with E-state index in [0.29, 0.717) is 22.6 Å². The Kier molecular flexibility index (Phi) is 6.27. The minimum atomic E-state index is -3.20. The number of hydrogen-bond donors (Lipinski definition) is 1. The molecule has 4 nitrogen and oxygen atoms in total. The topological polar surface area (TPSA) is 47.6 Å². The summed E-state index contributed by atoms with van der Waals surface area (Å²) in [5.41, 5.74) is 2.51. The highest BCUT2D eigenvalue weighted by molar-refractivity contribution is 5.85. The maximum atomic E-state index is 13.1. The van der Waals surface area contributed by atoms with Crippen LogP contribution in [0.15, 0.2) is 36.4 Å². The van der Waals surface area contributed by atoms with Gasteiger partial charge in [-0.1, -0.05) is 19.1 Å². The zero-order chi connectivity index (χ0) is 18.4. The van der Waals surface area contributed by atoms with Gasteiger partial charge in [-0.3, -0.25) is 5.32 Å². The van der Waals surface area contributed by atoms with E-state index in [1.54, 1.807) is 25.1 Å². The van der Waals surface area contributed by atoms with Crippen LogP contribution >= 0.6 is 0 Å². The summed E-state index contributed by atoms with van der Waals surface area (Å²) in [6.45, 7) is 0.545. The molecular weight excluding hydrogens is 335 g/mol. The molecule has 0 aliphatic rings. The van der Waals surface area contributed by atoms with Crippen molar-refractivity contribution < 1.29 is 27.4 Å². The predicted molar refractivity (Wildman–Crippen MR) is 87.4 cm³/mol. The number of rotatable bonds is 6. The number of carbonyl (C=O) groups excluding carboxylic acids is 1. The fraction of sp³-hybridized carbons (Fsp3) is 0.278. The molecule has 0 saturated carbocycles. The molecule has 0 heterocycles. The van der Waals surface area contributed by atoms with Gasteiger partial charge in [0.1, 0.15) is 18.2 Å². The average Bonchev–Trinajstić information content (AvgIpc) is 2.54. The normalized spacial score (nSPS) is 10.6. The lowest BCUT2D eigenvalue weighted by atomic mass is 10.1. The number of benzene rings is 2. The zero-order valence-corrected chi connectivity index (χ0v) is 13.8. The largest absolute Gasteiger partial charge is 0.489 e. The molecule has 0 bridgehead atoms. The Bertz CT molecular complexity index is 750. The van der Waals surface area contributed by atoms with Crippen molar-refractivity contribution in [3.63, 3.8) is 0 Å². The van der Waals surface area contributed by atoms with E-state index in [0.717, 1.165) is 12.0 Å². The van der Waals surface area contributed by atoms with Crippen LogP contribution in [-0.2, 0) is 17.8 Å². The number of nitrogens with one attached hydrogen (secondary N) is 1. The molecule has 134 valence electrons. The van der Waals surface area contributed by atoms with E-state index in [9.17, 15) is 18.0 Å². The van der Waals surface area contributed by atoms with Crippen LogP contribution in [0.5, 0.6) is 5.75 Å². The molecule has 7 heteroatoms. The van der Waals surface area contributed by atoms with Gasteiger partial charge in [-0.05, 0) is 48.7 Å². The Morgan fingerprint density at radius 2 is 1.96 bits per heavy atom. The van der Waals surface area contributed by atoms with Crippen molar-refractivity contribution in [1.82, 2.24) is 0 Å². The van der Waals surface area contributed by atoms with Crippen LogP contribution in [0.3, 0.4) is 0 Å². The van der Waals surface area contributed by atoms with Gasteiger partial charge >= 0.3 is 12.7 Å². The molecule has 2 aromatic rings. The Morgan fingerprint density at radius 3 is 2.60 bits per heavy atom. The van der Waals surface area contributed by atoms with Crippen LogP contribution in [0.1, 0.15) is 23.6 Å². The maximum Gasteiger partial charge on any atom is 0.416 e. The second-order valence-corrected chi connectivity index (χ2v) is 5.33. The predicted octanol–water partition coefficient (Wildman–Crippen LogP) is 5.05. The number of carbonyl (C=O) groups is 1. The summed E-state index contributed by atoms with van der Waals surface area (Å²) < 4.78 is 46.8. The molecule has 0 radical (unpaired) electrons. The molecule has 1 N–H and O–H groups in total. The van der Waals surface area contributed by atoms with Crippen LogP contribution in [0.2, 0.25) is 0 Å². The number of ether oxygens (including phenoxy) is 2. The zero-order valence-electron chi connectivity index (χ0n) is 13.8. The Morgan fingerprint density at radius 1 is 1.20 bits per heavy atom. The van der Waals surface area contributed by atoms with Crippen molar-refractivity contribution in [2.24, 2.45) is 0 Å². The SMILES string of the molecule is CCc1ccc(NC(=O)OC(F)F)c(COc2ccc(F)cc2C)c1. The van der Waals surface area contributed by atoms with Gasteiger partial charge in [0.2, 0.25) is 0 Å². The van der Waals surface area contributed by atoms with Gasteiger partial charge in [-0.25, -0.2) is 9.18 Å². The molecule has 0 aliphatic heterocycles. The molecule has 25 heavy (non-hydrogen) atoms. The first-order valence-electron chi connectivity index (χ1n) is 7.65. The van der Waals surface area contributed by atoms with Crippen molar-refractivity contribution >= 4 is 11.8 Å². The summed E-state index contributed by atoms with van der Waals surface area (Å²) in [7, 11) is 0. The minimum Gasteiger partial charge on any atom is -0.489 e. The fourth-order valence-electron chi connectivity index (χ4n) is 2.26. The number of anilines is 1. The second-order valence-electron chi connectivity index (χ2n) is 5.33. The molecule has 0 aromatic heterocycles. The van der Waals surface area contributed by atoms with Gasteiger partial charge in [-0.15, -0.1) is 0 Å². The van der Waals surface area contributed by atoms with E-state index >= 15 is 0 Å². The van der Waals surface area contributed by atoms with Crippen LogP contribution in [0.4, 0.5) is 23.7 Å². The van der Waals surface area contributed by atoms with Gasteiger partial charge in [0, 0.05) is 5.56 Å². The van der Waals surface area contributed by atoms with E-state index in [4.69, 9.17) is 4.74 Å². The number of amides is 1. The fourth-order valence-corrected chi connectivity index (χ4v) is 2.26. The molecule has 0 saturated heterocycles. The van der Waals surface area contributed by atoms with Crippen molar-refractivity contribution in [1.29, 1.82) is 0 Å². The maximum absolute atomic E-state index is 13.1. The van der Waals surface area contributed by atoms with E-state index in [2.05, 4.69) is 10.1 Å².